The van der Waals surface area contributed by atoms with E-state index in [0.717, 1.165) is 12.8 Å². The van der Waals surface area contributed by atoms with E-state index in [-0.39, 0.29) is 36.2 Å². The van der Waals surface area contributed by atoms with Gasteiger partial charge >= 0.3 is 0 Å². The third-order valence-corrected chi connectivity index (χ3v) is 11.1. The van der Waals surface area contributed by atoms with Crippen molar-refractivity contribution in [1.29, 1.82) is 0 Å². The highest BCUT2D eigenvalue weighted by atomic mass is 28.4. The lowest BCUT2D eigenvalue weighted by Crippen LogP contribution is -2.67. The SMILES string of the molecule is CC(C)(C)[Si](OC1C[C@@H](CO)[C@@H](CO)C1)(c1ccccc1)c1ccccc1. The lowest BCUT2D eigenvalue weighted by Gasteiger charge is -2.44. The van der Waals surface area contributed by atoms with Crippen LogP contribution in [0.2, 0.25) is 5.04 Å². The third kappa shape index (κ3) is 3.90. The Hall–Kier alpha value is -1.46. The van der Waals surface area contributed by atoms with Crippen molar-refractivity contribution in [2.45, 2.75) is 44.8 Å². The van der Waals surface area contributed by atoms with E-state index in [1.165, 1.54) is 10.4 Å². The highest BCUT2D eigenvalue weighted by molar-refractivity contribution is 6.99. The fourth-order valence-corrected chi connectivity index (χ4v) is 9.35. The van der Waals surface area contributed by atoms with Crippen LogP contribution in [-0.2, 0) is 4.43 Å². The smallest absolute Gasteiger partial charge is 0.261 e. The summed E-state index contributed by atoms with van der Waals surface area (Å²) in [6.45, 7) is 7.07. The van der Waals surface area contributed by atoms with Gasteiger partial charge in [0.05, 0.1) is 0 Å². The molecule has 0 saturated heterocycles. The molecule has 1 aliphatic carbocycles. The molecule has 146 valence electrons. The molecule has 1 unspecified atom stereocenters. The van der Waals surface area contributed by atoms with E-state index < -0.39 is 8.32 Å². The fourth-order valence-electron chi connectivity index (χ4n) is 4.64. The summed E-state index contributed by atoms with van der Waals surface area (Å²) in [5.41, 5.74) is 0. The van der Waals surface area contributed by atoms with Gasteiger partial charge in [-0.15, -0.1) is 0 Å². The molecule has 1 saturated carbocycles. The molecule has 0 aliphatic heterocycles. The second-order valence-electron chi connectivity index (χ2n) is 8.76. The second-order valence-corrected chi connectivity index (χ2v) is 13.0. The first-order chi connectivity index (χ1) is 12.9. The summed E-state index contributed by atoms with van der Waals surface area (Å²) in [6, 6.07) is 21.3. The van der Waals surface area contributed by atoms with Crippen LogP contribution in [0.15, 0.2) is 60.7 Å². The molecule has 0 radical (unpaired) electrons. The van der Waals surface area contributed by atoms with E-state index in [0.29, 0.717) is 0 Å². The van der Waals surface area contributed by atoms with Gasteiger partial charge in [-0.05, 0) is 40.1 Å². The molecular formula is C23H32O3Si. The van der Waals surface area contributed by atoms with Gasteiger partial charge in [-0.2, -0.15) is 0 Å². The molecule has 27 heavy (non-hydrogen) atoms. The highest BCUT2D eigenvalue weighted by Crippen LogP contribution is 2.41. The molecule has 3 atom stereocenters. The molecule has 2 aromatic carbocycles. The topological polar surface area (TPSA) is 49.7 Å². The number of hydrogen-bond acceptors (Lipinski definition) is 3. The molecular weight excluding hydrogens is 352 g/mol. The maximum absolute atomic E-state index is 9.72. The maximum Gasteiger partial charge on any atom is 0.261 e. The van der Waals surface area contributed by atoms with Gasteiger partial charge in [0, 0.05) is 19.3 Å². The van der Waals surface area contributed by atoms with Crippen LogP contribution >= 0.6 is 0 Å². The van der Waals surface area contributed by atoms with Gasteiger partial charge < -0.3 is 14.6 Å². The average Bonchev–Trinajstić information content (AvgIpc) is 3.08. The van der Waals surface area contributed by atoms with Gasteiger partial charge in [0.25, 0.3) is 8.32 Å². The lowest BCUT2D eigenvalue weighted by molar-refractivity contribution is 0.141. The molecule has 1 aliphatic rings. The number of aliphatic hydroxyl groups excluding tert-OH is 2. The average molecular weight is 385 g/mol. The fraction of sp³-hybridized carbons (Fsp3) is 0.478. The van der Waals surface area contributed by atoms with Crippen molar-refractivity contribution < 1.29 is 14.6 Å². The van der Waals surface area contributed by atoms with Crippen molar-refractivity contribution >= 4 is 18.7 Å². The van der Waals surface area contributed by atoms with Crippen LogP contribution in [0.1, 0.15) is 33.6 Å². The predicted octanol–water partition coefficient (Wildman–Crippen LogP) is 2.94. The van der Waals surface area contributed by atoms with Crippen molar-refractivity contribution in [1.82, 2.24) is 0 Å². The van der Waals surface area contributed by atoms with Crippen LogP contribution in [-0.4, -0.2) is 37.8 Å². The number of rotatable bonds is 6. The summed E-state index contributed by atoms with van der Waals surface area (Å²) in [4.78, 5) is 0. The Morgan fingerprint density at radius 1 is 0.815 bits per heavy atom. The quantitative estimate of drug-likeness (QED) is 0.753. The van der Waals surface area contributed by atoms with E-state index in [2.05, 4.69) is 81.4 Å². The van der Waals surface area contributed by atoms with Gasteiger partial charge in [-0.3, -0.25) is 0 Å². The van der Waals surface area contributed by atoms with E-state index >= 15 is 0 Å². The Morgan fingerprint density at radius 2 is 1.22 bits per heavy atom. The Labute approximate surface area is 164 Å². The number of aliphatic hydroxyl groups is 2. The highest BCUT2D eigenvalue weighted by Gasteiger charge is 2.52. The van der Waals surface area contributed by atoms with E-state index in [1.807, 2.05) is 0 Å². The van der Waals surface area contributed by atoms with Crippen LogP contribution < -0.4 is 10.4 Å². The second kappa shape index (κ2) is 8.27. The summed E-state index contributed by atoms with van der Waals surface area (Å²) in [5, 5.41) is 21.9. The molecule has 0 aromatic heterocycles. The Kier molecular flexibility index (Phi) is 6.21. The zero-order valence-corrected chi connectivity index (χ0v) is 17.6. The molecule has 4 heteroatoms. The monoisotopic (exact) mass is 384 g/mol. The largest absolute Gasteiger partial charge is 0.404 e. The molecule has 0 bridgehead atoms. The van der Waals surface area contributed by atoms with Crippen molar-refractivity contribution in [3.8, 4) is 0 Å². The minimum Gasteiger partial charge on any atom is -0.404 e. The van der Waals surface area contributed by atoms with Crippen molar-refractivity contribution in [3.63, 3.8) is 0 Å². The summed E-state index contributed by atoms with van der Waals surface area (Å²) >= 11 is 0. The minimum atomic E-state index is -2.56. The Morgan fingerprint density at radius 3 is 1.56 bits per heavy atom. The van der Waals surface area contributed by atoms with Crippen LogP contribution in [0.5, 0.6) is 0 Å². The van der Waals surface area contributed by atoms with Crippen LogP contribution in [0, 0.1) is 11.8 Å². The normalized spacial score (nSPS) is 23.5. The Balaban J connectivity index is 2.08. The van der Waals surface area contributed by atoms with Gasteiger partial charge in [0.1, 0.15) is 0 Å². The van der Waals surface area contributed by atoms with E-state index in [1.54, 1.807) is 0 Å². The molecule has 2 N–H and O–H groups in total. The molecule has 1 fully saturated rings. The van der Waals surface area contributed by atoms with Crippen molar-refractivity contribution in [2.24, 2.45) is 11.8 Å². The lowest BCUT2D eigenvalue weighted by atomic mass is 9.98. The molecule has 3 rings (SSSR count). The van der Waals surface area contributed by atoms with Gasteiger partial charge in [0.15, 0.2) is 0 Å². The van der Waals surface area contributed by atoms with Crippen LogP contribution in [0.4, 0.5) is 0 Å². The number of benzene rings is 2. The van der Waals surface area contributed by atoms with Crippen molar-refractivity contribution in [2.75, 3.05) is 13.2 Å². The van der Waals surface area contributed by atoms with E-state index in [9.17, 15) is 10.2 Å². The summed E-state index contributed by atoms with van der Waals surface area (Å²) in [7, 11) is -2.56. The van der Waals surface area contributed by atoms with Crippen LogP contribution in [0.25, 0.3) is 0 Å². The molecule has 0 spiro atoms. The first kappa shape index (κ1) is 20.3. The molecule has 0 amide bonds. The van der Waals surface area contributed by atoms with Gasteiger partial charge in [0.2, 0.25) is 0 Å². The van der Waals surface area contributed by atoms with Gasteiger partial charge in [-0.25, -0.2) is 0 Å². The summed E-state index contributed by atoms with van der Waals surface area (Å²) < 4.78 is 7.12. The molecule has 0 heterocycles. The van der Waals surface area contributed by atoms with E-state index in [4.69, 9.17) is 4.43 Å². The summed E-state index contributed by atoms with van der Waals surface area (Å²) in [5.74, 6) is 0.247. The first-order valence-electron chi connectivity index (χ1n) is 9.93. The Bertz CT molecular complexity index is 660. The number of hydrogen-bond donors (Lipinski definition) is 2. The standard InChI is InChI=1S/C23H32O3Si/c1-23(2,3)27(21-10-6-4-7-11-21,22-12-8-5-9-13-22)26-20-14-18(16-24)19(15-20)17-25/h4-13,18-20,24-25H,14-17H2,1-3H3/t18-,19+,20?. The molecule has 2 aromatic rings. The molecule has 3 nitrogen and oxygen atoms in total. The summed E-state index contributed by atoms with van der Waals surface area (Å²) in [6.07, 6.45) is 1.68. The first-order valence-corrected chi connectivity index (χ1v) is 11.8. The van der Waals surface area contributed by atoms with Crippen molar-refractivity contribution in [3.05, 3.63) is 60.7 Å². The zero-order valence-electron chi connectivity index (χ0n) is 16.6. The zero-order chi connectivity index (χ0) is 19.5. The maximum atomic E-state index is 9.72. The third-order valence-electron chi connectivity index (χ3n) is 6.03. The minimum absolute atomic E-state index is 0.0538. The van der Waals surface area contributed by atoms with Gasteiger partial charge in [-0.1, -0.05) is 81.4 Å². The predicted molar refractivity (Wildman–Crippen MR) is 113 cm³/mol. The van der Waals surface area contributed by atoms with Crippen LogP contribution in [0.3, 0.4) is 0 Å².